The van der Waals surface area contributed by atoms with Gasteiger partial charge in [0.1, 0.15) is 14.1 Å². The fraction of sp³-hybridized carbons (Fsp3) is 0.0952. The lowest BCUT2D eigenvalue weighted by Crippen LogP contribution is -2.38. The van der Waals surface area contributed by atoms with Gasteiger partial charge in [0.25, 0.3) is 0 Å². The molecule has 136 valence electrons. The van der Waals surface area contributed by atoms with Gasteiger partial charge < -0.3 is 17.9 Å². The Morgan fingerprint density at radius 1 is 0.889 bits per heavy atom. The van der Waals surface area contributed by atoms with Crippen LogP contribution < -0.4 is 4.65 Å². The van der Waals surface area contributed by atoms with E-state index in [0.29, 0.717) is 10.9 Å². The molecule has 2 aromatic carbocycles. The van der Waals surface area contributed by atoms with Gasteiger partial charge in [-0.25, -0.2) is 4.58 Å². The van der Waals surface area contributed by atoms with Crippen LogP contribution in [0.2, 0.25) is 0 Å². The highest BCUT2D eigenvalue weighted by molar-refractivity contribution is 6.54. The fourth-order valence-corrected chi connectivity index (χ4v) is 3.12. The van der Waals surface area contributed by atoms with Gasteiger partial charge in [0.2, 0.25) is 0 Å². The van der Waals surface area contributed by atoms with Gasteiger partial charge in [-0.2, -0.15) is 0 Å². The minimum atomic E-state index is -4.42. The Morgan fingerprint density at radius 2 is 1.63 bits per heavy atom. The molecule has 2 aromatic rings. The number of rotatable bonds is 1. The smallest absolute Gasteiger partial charge is 0.627 e. The van der Waals surface area contributed by atoms with Crippen molar-refractivity contribution in [3.8, 4) is 5.75 Å². The van der Waals surface area contributed by atoms with Crippen LogP contribution in [0, 0.1) is 0 Å². The highest BCUT2D eigenvalue weighted by Gasteiger charge is 2.39. The zero-order valence-corrected chi connectivity index (χ0v) is 15.0. The van der Waals surface area contributed by atoms with Crippen LogP contribution in [0.3, 0.4) is 0 Å². The highest BCUT2D eigenvalue weighted by atomic mass is 19.3. The average Bonchev–Trinajstić information content (AvgIpc) is 2.65. The number of hydrogen-bond acceptors (Lipinski definition) is 2. The van der Waals surface area contributed by atoms with Gasteiger partial charge in [-0.3, -0.25) is 0 Å². The van der Waals surface area contributed by atoms with Gasteiger partial charge in [-0.1, -0.05) is 36.4 Å². The quantitative estimate of drug-likeness (QED) is 0.538. The summed E-state index contributed by atoms with van der Waals surface area (Å²) in [5.41, 5.74) is 2.47. The zero-order valence-electron chi connectivity index (χ0n) is 15.0. The molecule has 0 unspecified atom stereocenters. The van der Waals surface area contributed by atoms with Gasteiger partial charge in [-0.15, -0.1) is 0 Å². The molecule has 27 heavy (non-hydrogen) atoms. The van der Waals surface area contributed by atoms with Crippen LogP contribution in [-0.2, 0) is 4.65 Å². The third-order valence-corrected chi connectivity index (χ3v) is 4.50. The molecule has 6 heteroatoms. The Kier molecular flexibility index (Phi) is 4.19. The molecule has 4 rings (SSSR count). The van der Waals surface area contributed by atoms with E-state index in [4.69, 9.17) is 9.31 Å². The minimum absolute atomic E-state index is 0.101. The van der Waals surface area contributed by atoms with E-state index in [-0.39, 0.29) is 11.5 Å². The first-order valence-corrected chi connectivity index (χ1v) is 8.65. The second kappa shape index (κ2) is 6.54. The summed E-state index contributed by atoms with van der Waals surface area (Å²) >= 11 is 0. The number of benzene rings is 2. The van der Waals surface area contributed by atoms with E-state index in [2.05, 4.69) is 0 Å². The summed E-state index contributed by atoms with van der Waals surface area (Å²) in [6, 6.07) is 10.9. The van der Waals surface area contributed by atoms with Crippen molar-refractivity contribution in [3.63, 3.8) is 0 Å². The lowest BCUT2D eigenvalue weighted by atomic mass is 9.98. The molecule has 0 radical (unpaired) electrons. The summed E-state index contributed by atoms with van der Waals surface area (Å²) in [6.07, 6.45) is 11.1. The van der Waals surface area contributed by atoms with Gasteiger partial charge in [0.15, 0.2) is 5.71 Å². The largest absolute Gasteiger partial charge is 0.725 e. The maximum Gasteiger partial charge on any atom is 0.725 e. The van der Waals surface area contributed by atoms with Crippen molar-refractivity contribution in [2.24, 2.45) is 0 Å². The second-order valence-corrected chi connectivity index (χ2v) is 6.62. The molecule has 1 aliphatic heterocycles. The van der Waals surface area contributed by atoms with Crippen molar-refractivity contribution in [3.05, 3.63) is 84.0 Å². The summed E-state index contributed by atoms with van der Waals surface area (Å²) in [5.74, 6) is 0.260. The van der Waals surface area contributed by atoms with E-state index in [1.54, 1.807) is 30.4 Å². The first kappa shape index (κ1) is 17.3. The predicted octanol–water partition coefficient (Wildman–Crippen LogP) is 4.73. The van der Waals surface area contributed by atoms with E-state index in [1.807, 2.05) is 61.2 Å². The van der Waals surface area contributed by atoms with Gasteiger partial charge in [0.05, 0.1) is 17.1 Å². The van der Waals surface area contributed by atoms with E-state index in [0.717, 1.165) is 16.7 Å². The molecule has 0 bridgehead atoms. The Morgan fingerprint density at radius 3 is 2.37 bits per heavy atom. The molecule has 0 amide bonds. The number of halogens is 2. The van der Waals surface area contributed by atoms with Crippen LogP contribution >= 0.6 is 0 Å². The predicted molar refractivity (Wildman–Crippen MR) is 105 cm³/mol. The van der Waals surface area contributed by atoms with E-state index in [9.17, 15) is 8.63 Å². The molecule has 1 heterocycles. The molecule has 0 atom stereocenters. The van der Waals surface area contributed by atoms with Crippen molar-refractivity contribution in [2.75, 3.05) is 14.1 Å². The Labute approximate surface area is 156 Å². The van der Waals surface area contributed by atoms with Crippen LogP contribution in [0.15, 0.2) is 78.4 Å². The molecule has 0 fully saturated rings. The molecule has 2 aliphatic rings. The summed E-state index contributed by atoms with van der Waals surface area (Å²) in [4.78, 5) is 0. The maximum atomic E-state index is 14.1. The number of hydrogen-bond donors (Lipinski definition) is 0. The zero-order chi connectivity index (χ0) is 19.0. The topological polar surface area (TPSA) is 21.5 Å². The Balaban J connectivity index is 1.77. The van der Waals surface area contributed by atoms with E-state index < -0.39 is 7.11 Å². The normalized spacial score (nSPS) is 18.9. The van der Waals surface area contributed by atoms with Gasteiger partial charge >= 0.3 is 7.11 Å². The number of allylic oxidation sites excluding steroid dienone is 7. The highest BCUT2D eigenvalue weighted by Crippen LogP contribution is 2.42. The van der Waals surface area contributed by atoms with Gasteiger partial charge in [0, 0.05) is 17.5 Å². The van der Waals surface area contributed by atoms with Crippen LogP contribution in [0.4, 0.5) is 8.63 Å². The van der Waals surface area contributed by atoms with E-state index >= 15 is 0 Å². The molecule has 1 aliphatic carbocycles. The molecular formula is C21H18BF2NO2. The Bertz CT molecular complexity index is 1060. The minimum Gasteiger partial charge on any atom is -0.627 e. The molecule has 0 saturated heterocycles. The molecule has 0 aromatic heterocycles. The number of fused-ring (bicyclic) bond motifs is 3. The van der Waals surface area contributed by atoms with Crippen LogP contribution in [0.1, 0.15) is 5.56 Å². The maximum absolute atomic E-state index is 14.1. The third kappa shape index (κ3) is 3.43. The van der Waals surface area contributed by atoms with Gasteiger partial charge in [-0.05, 0) is 35.3 Å². The molecule has 0 saturated carbocycles. The van der Waals surface area contributed by atoms with Crippen molar-refractivity contribution < 1.29 is 22.5 Å². The van der Waals surface area contributed by atoms with Crippen LogP contribution in [-0.4, -0.2) is 31.5 Å². The molecule has 0 N–H and O–H groups in total. The summed E-state index contributed by atoms with van der Waals surface area (Å²) in [5, 5.41) is 1.48. The monoisotopic (exact) mass is 365 g/mol. The third-order valence-electron chi connectivity index (χ3n) is 4.50. The lowest BCUT2D eigenvalue weighted by molar-refractivity contribution is -0.462. The number of nitrogens with zero attached hydrogens (tertiary/aromatic N) is 1. The average molecular weight is 365 g/mol. The van der Waals surface area contributed by atoms with Crippen molar-refractivity contribution >= 4 is 29.3 Å². The summed E-state index contributed by atoms with van der Waals surface area (Å²) in [7, 11) is -0.499. The van der Waals surface area contributed by atoms with Crippen molar-refractivity contribution in [2.45, 2.75) is 0 Å². The second-order valence-electron chi connectivity index (χ2n) is 6.62. The lowest BCUT2D eigenvalue weighted by Gasteiger charge is -2.36. The molecule has 3 nitrogen and oxygen atoms in total. The van der Waals surface area contributed by atoms with Crippen molar-refractivity contribution in [1.82, 2.24) is 0 Å². The summed E-state index contributed by atoms with van der Waals surface area (Å²) < 4.78 is 39.9. The SMILES string of the molecule is C[N+](C)=C1C=CC(=C/C=C2\O[B-](F)(F)Oc3c2ccc2ccccc32)C=C1. The standard InChI is InChI=1S/C21H18BF2NO2/c1-25(2)17-11-7-15(8-12-17)9-14-20-19-13-10-16-5-3-4-6-18(16)21(19)27-22(23,24)26-20/h3-14H,1-2H3/b20-14-. The van der Waals surface area contributed by atoms with Crippen LogP contribution in [0.25, 0.3) is 16.5 Å². The summed E-state index contributed by atoms with van der Waals surface area (Å²) in [6.45, 7) is 0. The fourth-order valence-electron chi connectivity index (χ4n) is 3.12. The van der Waals surface area contributed by atoms with Crippen molar-refractivity contribution in [1.29, 1.82) is 0 Å². The van der Waals surface area contributed by atoms with Crippen LogP contribution in [0.5, 0.6) is 5.75 Å². The Hall–Kier alpha value is -3.15. The molecular weight excluding hydrogens is 347 g/mol. The first-order valence-electron chi connectivity index (χ1n) is 8.65. The first-order chi connectivity index (χ1) is 12.9. The molecule has 0 spiro atoms. The van der Waals surface area contributed by atoms with E-state index in [1.165, 1.54) is 0 Å².